The van der Waals surface area contributed by atoms with E-state index < -0.39 is 0 Å². The lowest BCUT2D eigenvalue weighted by atomic mass is 10.1. The van der Waals surface area contributed by atoms with E-state index in [0.717, 1.165) is 0 Å². The van der Waals surface area contributed by atoms with E-state index in [1.165, 1.54) is 12.2 Å². The second kappa shape index (κ2) is 4.27. The number of rotatable bonds is 3. The first kappa shape index (κ1) is 8.37. The maximum atomic E-state index is 10.7. The molecule has 0 rings (SSSR count). The van der Waals surface area contributed by atoms with E-state index in [1.807, 2.05) is 13.8 Å². The SMILES string of the molecule is CC(C)C(=O)/C=C/CO. The third-order valence-electron chi connectivity index (χ3n) is 0.957. The maximum absolute atomic E-state index is 10.7. The van der Waals surface area contributed by atoms with Crippen molar-refractivity contribution in [3.8, 4) is 0 Å². The van der Waals surface area contributed by atoms with Crippen molar-refractivity contribution in [2.24, 2.45) is 5.92 Å². The van der Waals surface area contributed by atoms with Crippen LogP contribution in [0.1, 0.15) is 13.8 Å². The fourth-order valence-electron chi connectivity index (χ4n) is 0.361. The highest BCUT2D eigenvalue weighted by Gasteiger charge is 1.99. The summed E-state index contributed by atoms with van der Waals surface area (Å²) in [5, 5.41) is 8.26. The number of hydrogen-bond donors (Lipinski definition) is 1. The molecule has 0 fully saturated rings. The van der Waals surface area contributed by atoms with Crippen LogP contribution in [0, 0.1) is 5.92 Å². The molecular formula is C7H12O2. The van der Waals surface area contributed by atoms with Gasteiger partial charge in [-0.2, -0.15) is 0 Å². The summed E-state index contributed by atoms with van der Waals surface area (Å²) in [5.41, 5.74) is 0. The molecule has 0 unspecified atom stereocenters. The highest BCUT2D eigenvalue weighted by Crippen LogP contribution is 1.94. The predicted molar refractivity (Wildman–Crippen MR) is 36.1 cm³/mol. The van der Waals surface area contributed by atoms with Crippen molar-refractivity contribution in [1.29, 1.82) is 0 Å². The number of allylic oxidation sites excluding steroid dienone is 1. The van der Waals surface area contributed by atoms with Crippen molar-refractivity contribution >= 4 is 5.78 Å². The molecular weight excluding hydrogens is 116 g/mol. The minimum Gasteiger partial charge on any atom is -0.392 e. The van der Waals surface area contributed by atoms with Crippen LogP contribution >= 0.6 is 0 Å². The van der Waals surface area contributed by atoms with Gasteiger partial charge in [0.2, 0.25) is 0 Å². The quantitative estimate of drug-likeness (QED) is 0.570. The first-order valence-corrected chi connectivity index (χ1v) is 2.99. The van der Waals surface area contributed by atoms with Crippen molar-refractivity contribution in [3.63, 3.8) is 0 Å². The van der Waals surface area contributed by atoms with Crippen LogP contribution in [-0.4, -0.2) is 17.5 Å². The van der Waals surface area contributed by atoms with Gasteiger partial charge < -0.3 is 5.11 Å². The molecule has 2 heteroatoms. The molecule has 0 radical (unpaired) electrons. The lowest BCUT2D eigenvalue weighted by molar-refractivity contribution is -0.117. The Bertz CT molecular complexity index is 114. The first-order valence-electron chi connectivity index (χ1n) is 2.99. The molecule has 1 N–H and O–H groups in total. The molecule has 0 amide bonds. The molecule has 0 heterocycles. The van der Waals surface area contributed by atoms with Crippen molar-refractivity contribution in [1.82, 2.24) is 0 Å². The summed E-state index contributed by atoms with van der Waals surface area (Å²) in [5.74, 6) is 0.0943. The number of aliphatic hydroxyl groups is 1. The van der Waals surface area contributed by atoms with Crippen LogP contribution in [0.15, 0.2) is 12.2 Å². The molecule has 52 valence electrons. The second-order valence-corrected chi connectivity index (χ2v) is 2.14. The third kappa shape index (κ3) is 3.91. The number of ketones is 1. The molecule has 0 aromatic rings. The summed E-state index contributed by atoms with van der Waals surface area (Å²) in [7, 11) is 0. The molecule has 9 heavy (non-hydrogen) atoms. The van der Waals surface area contributed by atoms with Gasteiger partial charge in [-0.3, -0.25) is 4.79 Å². The van der Waals surface area contributed by atoms with E-state index in [2.05, 4.69) is 0 Å². The minimum atomic E-state index is -0.0571. The zero-order valence-electron chi connectivity index (χ0n) is 5.79. The summed E-state index contributed by atoms with van der Waals surface area (Å²) < 4.78 is 0. The van der Waals surface area contributed by atoms with E-state index in [9.17, 15) is 4.79 Å². The smallest absolute Gasteiger partial charge is 0.157 e. The lowest BCUT2D eigenvalue weighted by Gasteiger charge is -1.94. The molecule has 0 aromatic heterocycles. The second-order valence-electron chi connectivity index (χ2n) is 2.14. The third-order valence-corrected chi connectivity index (χ3v) is 0.957. The standard InChI is InChI=1S/C7H12O2/c1-6(2)7(9)4-3-5-8/h3-4,6,8H,5H2,1-2H3/b4-3+. The molecule has 2 nitrogen and oxygen atoms in total. The average Bonchev–Trinajstić information content (AvgIpc) is 1.82. The van der Waals surface area contributed by atoms with Crippen LogP contribution in [0.5, 0.6) is 0 Å². The van der Waals surface area contributed by atoms with Crippen LogP contribution in [0.3, 0.4) is 0 Å². The van der Waals surface area contributed by atoms with Gasteiger partial charge in [0, 0.05) is 5.92 Å². The van der Waals surface area contributed by atoms with Crippen molar-refractivity contribution < 1.29 is 9.90 Å². The van der Waals surface area contributed by atoms with Gasteiger partial charge >= 0.3 is 0 Å². The molecule has 0 aliphatic carbocycles. The lowest BCUT2D eigenvalue weighted by Crippen LogP contribution is -2.02. The highest BCUT2D eigenvalue weighted by atomic mass is 16.2. The van der Waals surface area contributed by atoms with E-state index in [0.29, 0.717) is 0 Å². The zero-order valence-corrected chi connectivity index (χ0v) is 5.79. The van der Waals surface area contributed by atoms with Gasteiger partial charge in [0.25, 0.3) is 0 Å². The molecule has 0 atom stereocenters. The topological polar surface area (TPSA) is 37.3 Å². The Kier molecular flexibility index (Phi) is 3.97. The highest BCUT2D eigenvalue weighted by molar-refractivity contribution is 5.91. The molecule has 0 aromatic carbocycles. The van der Waals surface area contributed by atoms with Crippen LogP contribution in [0.25, 0.3) is 0 Å². The Balaban J connectivity index is 3.63. The largest absolute Gasteiger partial charge is 0.392 e. The fraction of sp³-hybridized carbons (Fsp3) is 0.571. The van der Waals surface area contributed by atoms with Crippen LogP contribution in [0.4, 0.5) is 0 Å². The molecule has 0 spiro atoms. The van der Waals surface area contributed by atoms with E-state index in [4.69, 9.17) is 5.11 Å². The van der Waals surface area contributed by atoms with Crippen LogP contribution < -0.4 is 0 Å². The molecule has 0 aliphatic heterocycles. The maximum Gasteiger partial charge on any atom is 0.157 e. The Morgan fingerprint density at radius 2 is 2.22 bits per heavy atom. The summed E-state index contributed by atoms with van der Waals surface area (Å²) in [6, 6.07) is 0. The summed E-state index contributed by atoms with van der Waals surface area (Å²) in [6.45, 7) is 3.59. The van der Waals surface area contributed by atoms with E-state index in [-0.39, 0.29) is 18.3 Å². The molecule has 0 aliphatic rings. The van der Waals surface area contributed by atoms with Gasteiger partial charge in [-0.25, -0.2) is 0 Å². The summed E-state index contributed by atoms with van der Waals surface area (Å²) >= 11 is 0. The average molecular weight is 128 g/mol. The Morgan fingerprint density at radius 1 is 1.67 bits per heavy atom. The van der Waals surface area contributed by atoms with Crippen molar-refractivity contribution in [2.75, 3.05) is 6.61 Å². The predicted octanol–water partition coefficient (Wildman–Crippen LogP) is 0.760. The van der Waals surface area contributed by atoms with Crippen LogP contribution in [-0.2, 0) is 4.79 Å². The van der Waals surface area contributed by atoms with Gasteiger partial charge in [0.05, 0.1) is 6.61 Å². The fourth-order valence-corrected chi connectivity index (χ4v) is 0.361. The van der Waals surface area contributed by atoms with Gasteiger partial charge in [0.15, 0.2) is 5.78 Å². The monoisotopic (exact) mass is 128 g/mol. The molecule has 0 saturated heterocycles. The number of carbonyl (C=O) groups is 1. The molecule has 0 saturated carbocycles. The number of carbonyl (C=O) groups excluding carboxylic acids is 1. The van der Waals surface area contributed by atoms with Crippen LogP contribution in [0.2, 0.25) is 0 Å². The van der Waals surface area contributed by atoms with Gasteiger partial charge in [-0.15, -0.1) is 0 Å². The van der Waals surface area contributed by atoms with Gasteiger partial charge in [0.1, 0.15) is 0 Å². The van der Waals surface area contributed by atoms with Gasteiger partial charge in [-0.05, 0) is 6.08 Å². The minimum absolute atomic E-state index is 0.0350. The Morgan fingerprint density at radius 3 is 2.56 bits per heavy atom. The first-order chi connectivity index (χ1) is 4.18. The van der Waals surface area contributed by atoms with Crippen molar-refractivity contribution in [3.05, 3.63) is 12.2 Å². The molecule has 0 bridgehead atoms. The van der Waals surface area contributed by atoms with E-state index >= 15 is 0 Å². The normalized spacial score (nSPS) is 11.1. The summed E-state index contributed by atoms with van der Waals surface area (Å²) in [4.78, 5) is 10.7. The number of aliphatic hydroxyl groups excluding tert-OH is 1. The Labute approximate surface area is 55.2 Å². The summed E-state index contributed by atoms with van der Waals surface area (Å²) in [6.07, 6.45) is 2.85. The van der Waals surface area contributed by atoms with E-state index in [1.54, 1.807) is 0 Å². The zero-order chi connectivity index (χ0) is 7.28. The van der Waals surface area contributed by atoms with Gasteiger partial charge in [-0.1, -0.05) is 19.9 Å². The number of hydrogen-bond acceptors (Lipinski definition) is 2. The Hall–Kier alpha value is -0.630. The van der Waals surface area contributed by atoms with Crippen molar-refractivity contribution in [2.45, 2.75) is 13.8 Å².